The Bertz CT molecular complexity index is 376. The van der Waals surface area contributed by atoms with E-state index >= 15 is 0 Å². The first-order valence-electron chi connectivity index (χ1n) is 3.76. The zero-order chi connectivity index (χ0) is 9.42. The van der Waals surface area contributed by atoms with Gasteiger partial charge in [-0.3, -0.25) is 4.79 Å². The molecular formula is C8H8N2O3. The van der Waals surface area contributed by atoms with Gasteiger partial charge in [0.05, 0.1) is 17.9 Å². The fourth-order valence-corrected chi connectivity index (χ4v) is 1.20. The third-order valence-electron chi connectivity index (χ3n) is 1.83. The summed E-state index contributed by atoms with van der Waals surface area (Å²) in [7, 11) is 0. The molecule has 0 fully saturated rings. The molecule has 5 heteroatoms. The molecule has 0 spiro atoms. The maximum absolute atomic E-state index is 10.9. The van der Waals surface area contributed by atoms with Gasteiger partial charge in [-0.2, -0.15) is 0 Å². The largest absolute Gasteiger partial charge is 0.504 e. The molecule has 0 aromatic heterocycles. The van der Waals surface area contributed by atoms with Crippen LogP contribution in [0, 0.1) is 0 Å². The van der Waals surface area contributed by atoms with E-state index in [4.69, 9.17) is 10.2 Å². The van der Waals surface area contributed by atoms with Crippen LogP contribution in [-0.2, 0) is 4.79 Å². The second-order valence-electron chi connectivity index (χ2n) is 2.79. The fourth-order valence-electron chi connectivity index (χ4n) is 1.20. The summed E-state index contributed by atoms with van der Waals surface area (Å²) in [5.74, 6) is -0.622. The van der Waals surface area contributed by atoms with E-state index in [0.717, 1.165) is 0 Å². The molecule has 0 aliphatic carbocycles. The third-order valence-corrected chi connectivity index (χ3v) is 1.83. The van der Waals surface area contributed by atoms with Crippen LogP contribution < -0.4 is 10.6 Å². The van der Waals surface area contributed by atoms with Gasteiger partial charge in [-0.15, -0.1) is 0 Å². The SMILES string of the molecule is O=C1CNc2cc(O)c(O)cc2N1. The molecule has 1 aromatic rings. The molecule has 1 aliphatic heterocycles. The molecule has 68 valence electrons. The minimum absolute atomic E-state index is 0.169. The van der Waals surface area contributed by atoms with Crippen molar-refractivity contribution >= 4 is 17.3 Å². The summed E-state index contributed by atoms with van der Waals surface area (Å²) in [4.78, 5) is 10.9. The minimum Gasteiger partial charge on any atom is -0.504 e. The number of benzene rings is 1. The van der Waals surface area contributed by atoms with Crippen LogP contribution in [0.15, 0.2) is 12.1 Å². The Morgan fingerprint density at radius 2 is 1.77 bits per heavy atom. The maximum Gasteiger partial charge on any atom is 0.243 e. The lowest BCUT2D eigenvalue weighted by molar-refractivity contribution is -0.114. The van der Waals surface area contributed by atoms with Crippen LogP contribution in [0.25, 0.3) is 0 Å². The van der Waals surface area contributed by atoms with Crippen molar-refractivity contribution in [2.24, 2.45) is 0 Å². The highest BCUT2D eigenvalue weighted by atomic mass is 16.3. The zero-order valence-corrected chi connectivity index (χ0v) is 6.66. The molecule has 4 N–H and O–H groups in total. The van der Waals surface area contributed by atoms with Crippen LogP contribution in [0.2, 0.25) is 0 Å². The summed E-state index contributed by atoms with van der Waals surface area (Å²) < 4.78 is 0. The number of hydrogen-bond donors (Lipinski definition) is 4. The second-order valence-corrected chi connectivity index (χ2v) is 2.79. The molecule has 0 saturated carbocycles. The van der Waals surface area contributed by atoms with Crippen molar-refractivity contribution < 1.29 is 15.0 Å². The van der Waals surface area contributed by atoms with E-state index in [-0.39, 0.29) is 24.0 Å². The van der Waals surface area contributed by atoms with Crippen molar-refractivity contribution in [3.05, 3.63) is 12.1 Å². The number of carbonyl (C=O) groups excluding carboxylic acids is 1. The summed E-state index contributed by atoms with van der Waals surface area (Å²) in [5, 5.41) is 23.6. The highest BCUT2D eigenvalue weighted by Gasteiger charge is 2.15. The van der Waals surface area contributed by atoms with Gasteiger partial charge in [-0.25, -0.2) is 0 Å². The Balaban J connectivity index is 2.49. The standard InChI is InChI=1S/C8H8N2O3/c11-6-1-4-5(2-7(6)12)10-8(13)3-9-4/h1-2,9,11-12H,3H2,(H,10,13). The Hall–Kier alpha value is -1.91. The Labute approximate surface area is 74.0 Å². The van der Waals surface area contributed by atoms with E-state index < -0.39 is 0 Å². The van der Waals surface area contributed by atoms with Crippen LogP contribution >= 0.6 is 0 Å². The first-order valence-corrected chi connectivity index (χ1v) is 3.76. The van der Waals surface area contributed by atoms with Crippen molar-refractivity contribution in [3.63, 3.8) is 0 Å². The lowest BCUT2D eigenvalue weighted by Crippen LogP contribution is -2.27. The van der Waals surface area contributed by atoms with Gasteiger partial charge in [-0.1, -0.05) is 0 Å². The first-order chi connectivity index (χ1) is 6.16. The highest BCUT2D eigenvalue weighted by molar-refractivity contribution is 6.01. The van der Waals surface area contributed by atoms with E-state index in [0.29, 0.717) is 11.4 Å². The van der Waals surface area contributed by atoms with E-state index in [9.17, 15) is 4.79 Å². The molecule has 0 atom stereocenters. The quantitative estimate of drug-likeness (QED) is 0.345. The summed E-state index contributed by atoms with van der Waals surface area (Å²) >= 11 is 0. The van der Waals surface area contributed by atoms with Crippen LogP contribution in [-0.4, -0.2) is 22.7 Å². The number of phenols is 2. The number of amides is 1. The average molecular weight is 180 g/mol. The van der Waals surface area contributed by atoms with Gasteiger partial charge >= 0.3 is 0 Å². The minimum atomic E-state index is -0.247. The maximum atomic E-state index is 10.9. The van der Waals surface area contributed by atoms with Crippen LogP contribution in [0.3, 0.4) is 0 Å². The van der Waals surface area contributed by atoms with Gasteiger partial charge < -0.3 is 20.8 Å². The molecule has 1 heterocycles. The number of anilines is 2. The van der Waals surface area contributed by atoms with Gasteiger partial charge in [0.25, 0.3) is 0 Å². The molecule has 0 radical (unpaired) electrons. The monoisotopic (exact) mass is 180 g/mol. The number of nitrogens with one attached hydrogen (secondary N) is 2. The third kappa shape index (κ3) is 1.24. The molecule has 0 unspecified atom stereocenters. The van der Waals surface area contributed by atoms with E-state index in [1.54, 1.807) is 0 Å². The number of aromatic hydroxyl groups is 2. The van der Waals surface area contributed by atoms with Gasteiger partial charge in [0.15, 0.2) is 11.5 Å². The van der Waals surface area contributed by atoms with Gasteiger partial charge in [0.1, 0.15) is 0 Å². The Morgan fingerprint density at radius 3 is 2.46 bits per heavy atom. The van der Waals surface area contributed by atoms with E-state index in [1.807, 2.05) is 0 Å². The van der Waals surface area contributed by atoms with Crippen LogP contribution in [0.4, 0.5) is 11.4 Å². The number of phenolic OH excluding ortho intramolecular Hbond substituents is 2. The molecule has 1 amide bonds. The summed E-state index contributed by atoms with van der Waals surface area (Å²) in [6, 6.07) is 2.67. The molecule has 0 bridgehead atoms. The zero-order valence-electron chi connectivity index (χ0n) is 6.66. The van der Waals surface area contributed by atoms with Crippen LogP contribution in [0.5, 0.6) is 11.5 Å². The summed E-state index contributed by atoms with van der Waals surface area (Å²) in [6.07, 6.45) is 0. The second kappa shape index (κ2) is 2.55. The van der Waals surface area contributed by atoms with Crippen molar-refractivity contribution in [3.8, 4) is 11.5 Å². The molecule has 1 aliphatic rings. The van der Waals surface area contributed by atoms with Crippen molar-refractivity contribution in [1.82, 2.24) is 0 Å². The van der Waals surface area contributed by atoms with Gasteiger partial charge in [0.2, 0.25) is 5.91 Å². The fraction of sp³-hybridized carbons (Fsp3) is 0.125. The number of hydrogen-bond acceptors (Lipinski definition) is 4. The summed E-state index contributed by atoms with van der Waals surface area (Å²) in [6.45, 7) is 0.178. The molecule has 2 rings (SSSR count). The number of rotatable bonds is 0. The normalized spacial score (nSPS) is 14.3. The highest BCUT2D eigenvalue weighted by Crippen LogP contribution is 2.35. The molecule has 13 heavy (non-hydrogen) atoms. The van der Waals surface area contributed by atoms with Crippen molar-refractivity contribution in [2.75, 3.05) is 17.2 Å². The number of fused-ring (bicyclic) bond motifs is 1. The van der Waals surface area contributed by atoms with Crippen LogP contribution in [0.1, 0.15) is 0 Å². The van der Waals surface area contributed by atoms with Gasteiger partial charge in [-0.05, 0) is 0 Å². The van der Waals surface area contributed by atoms with Gasteiger partial charge in [0, 0.05) is 12.1 Å². The molecule has 0 saturated heterocycles. The lowest BCUT2D eigenvalue weighted by atomic mass is 10.2. The smallest absolute Gasteiger partial charge is 0.243 e. The predicted molar refractivity (Wildman–Crippen MR) is 46.9 cm³/mol. The topological polar surface area (TPSA) is 81.6 Å². The Kier molecular flexibility index (Phi) is 1.51. The molecular weight excluding hydrogens is 172 g/mol. The molecule has 1 aromatic carbocycles. The van der Waals surface area contributed by atoms with E-state index in [1.165, 1.54) is 12.1 Å². The Morgan fingerprint density at radius 1 is 1.15 bits per heavy atom. The van der Waals surface area contributed by atoms with E-state index in [2.05, 4.69) is 10.6 Å². The van der Waals surface area contributed by atoms with Crippen molar-refractivity contribution in [2.45, 2.75) is 0 Å². The summed E-state index contributed by atoms with van der Waals surface area (Å²) in [5.41, 5.74) is 1.08. The lowest BCUT2D eigenvalue weighted by Gasteiger charge is -2.18. The first kappa shape index (κ1) is 7.72. The molecule has 5 nitrogen and oxygen atoms in total. The average Bonchev–Trinajstić information content (AvgIpc) is 2.08. The predicted octanol–water partition coefficient (Wildman–Crippen LogP) is 0.462. The number of carbonyl (C=O) groups is 1. The van der Waals surface area contributed by atoms with Crippen molar-refractivity contribution in [1.29, 1.82) is 0 Å².